The Kier molecular flexibility index (Phi) is 9.44. The predicted molar refractivity (Wildman–Crippen MR) is 77.4 cm³/mol. The molecule has 2 unspecified atom stereocenters. The molecule has 0 saturated heterocycles. The van der Waals surface area contributed by atoms with Gasteiger partial charge >= 0.3 is 5.97 Å². The van der Waals surface area contributed by atoms with Crippen LogP contribution in [0.15, 0.2) is 0 Å². The smallest absolute Gasteiger partial charge is 0.322 e. The molecule has 0 spiro atoms. The first-order valence-electron chi connectivity index (χ1n) is 5.57. The van der Waals surface area contributed by atoms with Gasteiger partial charge in [-0.05, 0) is 18.4 Å². The van der Waals surface area contributed by atoms with Crippen LogP contribution in [0.2, 0.25) is 0 Å². The number of nitrogens with one attached hydrogen (secondary N) is 2. The SMILES string of the molecule is CSCCC(N)C(=O)NC(CS)C(=O)NCC(=O)O. The Hall–Kier alpha value is -0.930. The molecule has 0 aromatic heterocycles. The third-order valence-electron chi connectivity index (χ3n) is 2.20. The molecule has 0 fully saturated rings. The van der Waals surface area contributed by atoms with E-state index in [1.54, 1.807) is 11.8 Å². The van der Waals surface area contributed by atoms with Gasteiger partial charge in [0, 0.05) is 5.75 Å². The summed E-state index contributed by atoms with van der Waals surface area (Å²) < 4.78 is 0. The number of thioether (sulfide) groups is 1. The third kappa shape index (κ3) is 7.96. The van der Waals surface area contributed by atoms with Gasteiger partial charge in [0.25, 0.3) is 0 Å². The highest BCUT2D eigenvalue weighted by atomic mass is 32.2. The van der Waals surface area contributed by atoms with Gasteiger partial charge in [0.2, 0.25) is 11.8 Å². The summed E-state index contributed by atoms with van der Waals surface area (Å²) in [6, 6.07) is -1.59. The number of carboxylic acid groups (broad SMARTS) is 1. The van der Waals surface area contributed by atoms with Crippen LogP contribution < -0.4 is 16.4 Å². The van der Waals surface area contributed by atoms with Crippen molar-refractivity contribution < 1.29 is 19.5 Å². The molecular formula is C10H19N3O4S2. The van der Waals surface area contributed by atoms with Crippen molar-refractivity contribution in [3.8, 4) is 0 Å². The maximum Gasteiger partial charge on any atom is 0.322 e. The topological polar surface area (TPSA) is 122 Å². The van der Waals surface area contributed by atoms with Gasteiger partial charge in [0.15, 0.2) is 0 Å². The van der Waals surface area contributed by atoms with E-state index in [0.717, 1.165) is 5.75 Å². The lowest BCUT2D eigenvalue weighted by Gasteiger charge is -2.18. The standard InChI is InChI=1S/C10H19N3O4S2/c1-19-3-2-6(11)9(16)13-7(5-18)10(17)12-4-8(14)15/h6-7,18H,2-5,11H2,1H3,(H,12,17)(H,13,16)(H,14,15). The molecule has 7 nitrogen and oxygen atoms in total. The van der Waals surface area contributed by atoms with Gasteiger partial charge in [0.1, 0.15) is 12.6 Å². The maximum atomic E-state index is 11.7. The van der Waals surface area contributed by atoms with Crippen LogP contribution in [0, 0.1) is 0 Å². The molecule has 0 radical (unpaired) electrons. The number of carbonyl (C=O) groups is 3. The van der Waals surface area contributed by atoms with Gasteiger partial charge < -0.3 is 21.5 Å². The molecule has 110 valence electrons. The summed E-state index contributed by atoms with van der Waals surface area (Å²) in [6.07, 6.45) is 2.41. The summed E-state index contributed by atoms with van der Waals surface area (Å²) in [5, 5.41) is 13.1. The summed E-state index contributed by atoms with van der Waals surface area (Å²) in [7, 11) is 0. The number of carboxylic acids is 1. The summed E-state index contributed by atoms with van der Waals surface area (Å²) in [6.45, 7) is -0.502. The molecule has 0 rings (SSSR count). The summed E-state index contributed by atoms with van der Waals surface area (Å²) in [5.74, 6) is -1.40. The van der Waals surface area contributed by atoms with Crippen LogP contribution in [-0.2, 0) is 14.4 Å². The second-order valence-corrected chi connectivity index (χ2v) is 5.09. The molecule has 2 atom stereocenters. The molecular weight excluding hydrogens is 290 g/mol. The van der Waals surface area contributed by atoms with Crippen LogP contribution in [0.4, 0.5) is 0 Å². The molecule has 0 aliphatic heterocycles. The van der Waals surface area contributed by atoms with E-state index in [1.807, 2.05) is 6.26 Å². The largest absolute Gasteiger partial charge is 0.480 e. The molecule has 2 amide bonds. The third-order valence-corrected chi connectivity index (χ3v) is 3.21. The molecule has 0 bridgehead atoms. The average Bonchev–Trinajstić information content (AvgIpc) is 2.38. The van der Waals surface area contributed by atoms with Crippen molar-refractivity contribution in [2.24, 2.45) is 5.73 Å². The Morgan fingerprint density at radius 2 is 2.00 bits per heavy atom. The van der Waals surface area contributed by atoms with E-state index in [0.29, 0.717) is 6.42 Å². The van der Waals surface area contributed by atoms with Gasteiger partial charge in [-0.1, -0.05) is 0 Å². The van der Waals surface area contributed by atoms with Crippen molar-refractivity contribution >= 4 is 42.2 Å². The van der Waals surface area contributed by atoms with Crippen molar-refractivity contribution in [2.75, 3.05) is 24.3 Å². The van der Waals surface area contributed by atoms with Crippen LogP contribution >= 0.6 is 24.4 Å². The Labute approximate surface area is 121 Å². The average molecular weight is 309 g/mol. The van der Waals surface area contributed by atoms with E-state index in [4.69, 9.17) is 10.8 Å². The maximum absolute atomic E-state index is 11.7. The number of amides is 2. The first-order chi connectivity index (χ1) is 8.92. The zero-order valence-electron chi connectivity index (χ0n) is 10.6. The first-order valence-corrected chi connectivity index (χ1v) is 7.60. The minimum absolute atomic E-state index is 0.0619. The molecule has 0 heterocycles. The minimum atomic E-state index is -1.16. The highest BCUT2D eigenvalue weighted by molar-refractivity contribution is 7.98. The van der Waals surface area contributed by atoms with Crippen LogP contribution in [-0.4, -0.2) is 59.3 Å². The van der Waals surface area contributed by atoms with Crippen LogP contribution in [0.25, 0.3) is 0 Å². The lowest BCUT2D eigenvalue weighted by molar-refractivity contribution is -0.138. The van der Waals surface area contributed by atoms with E-state index < -0.39 is 36.4 Å². The number of carbonyl (C=O) groups excluding carboxylic acids is 2. The number of nitrogens with two attached hydrogens (primary N) is 1. The van der Waals surface area contributed by atoms with Crippen molar-refractivity contribution in [3.05, 3.63) is 0 Å². The van der Waals surface area contributed by atoms with Crippen LogP contribution in [0.1, 0.15) is 6.42 Å². The summed E-state index contributed by atoms with van der Waals surface area (Å²) in [4.78, 5) is 33.6. The predicted octanol–water partition coefficient (Wildman–Crippen LogP) is -1.32. The van der Waals surface area contributed by atoms with Crippen molar-refractivity contribution in [1.82, 2.24) is 10.6 Å². The lowest BCUT2D eigenvalue weighted by atomic mass is 10.2. The fraction of sp³-hybridized carbons (Fsp3) is 0.700. The van der Waals surface area contributed by atoms with Gasteiger partial charge in [-0.25, -0.2) is 0 Å². The second kappa shape index (κ2) is 9.93. The fourth-order valence-corrected chi connectivity index (χ4v) is 1.88. The molecule has 19 heavy (non-hydrogen) atoms. The number of thiol groups is 1. The highest BCUT2D eigenvalue weighted by Gasteiger charge is 2.22. The van der Waals surface area contributed by atoms with E-state index in [-0.39, 0.29) is 5.75 Å². The van der Waals surface area contributed by atoms with Gasteiger partial charge in [0.05, 0.1) is 6.04 Å². The minimum Gasteiger partial charge on any atom is -0.480 e. The molecule has 0 saturated carbocycles. The quantitative estimate of drug-likeness (QED) is 0.337. The van der Waals surface area contributed by atoms with Crippen LogP contribution in [0.5, 0.6) is 0 Å². The van der Waals surface area contributed by atoms with Crippen molar-refractivity contribution in [1.29, 1.82) is 0 Å². The zero-order chi connectivity index (χ0) is 14.8. The van der Waals surface area contributed by atoms with Gasteiger partial charge in [-0.2, -0.15) is 24.4 Å². The first kappa shape index (κ1) is 18.1. The Balaban J connectivity index is 4.26. The Morgan fingerprint density at radius 3 is 2.47 bits per heavy atom. The van der Waals surface area contributed by atoms with Crippen molar-refractivity contribution in [3.63, 3.8) is 0 Å². The number of hydrogen-bond acceptors (Lipinski definition) is 6. The Morgan fingerprint density at radius 1 is 1.37 bits per heavy atom. The molecule has 9 heteroatoms. The molecule has 0 aliphatic carbocycles. The van der Waals surface area contributed by atoms with Gasteiger partial charge in [-0.15, -0.1) is 0 Å². The van der Waals surface area contributed by atoms with E-state index in [2.05, 4.69) is 23.3 Å². The second-order valence-electron chi connectivity index (χ2n) is 3.74. The summed E-state index contributed by atoms with van der Waals surface area (Å²) >= 11 is 5.52. The number of aliphatic carboxylic acids is 1. The number of hydrogen-bond donors (Lipinski definition) is 5. The molecule has 0 aromatic rings. The Bertz CT molecular complexity index is 328. The molecule has 0 aliphatic rings. The van der Waals surface area contributed by atoms with E-state index in [1.165, 1.54) is 0 Å². The van der Waals surface area contributed by atoms with Gasteiger partial charge in [-0.3, -0.25) is 14.4 Å². The highest BCUT2D eigenvalue weighted by Crippen LogP contribution is 1.99. The number of rotatable bonds is 9. The lowest BCUT2D eigenvalue weighted by Crippen LogP contribution is -2.53. The summed E-state index contributed by atoms with van der Waals surface area (Å²) in [5.41, 5.74) is 5.65. The van der Waals surface area contributed by atoms with Crippen molar-refractivity contribution in [2.45, 2.75) is 18.5 Å². The zero-order valence-corrected chi connectivity index (χ0v) is 12.3. The fourth-order valence-electron chi connectivity index (χ4n) is 1.13. The monoisotopic (exact) mass is 309 g/mol. The van der Waals surface area contributed by atoms with E-state index in [9.17, 15) is 14.4 Å². The molecule has 0 aromatic carbocycles. The van der Waals surface area contributed by atoms with E-state index >= 15 is 0 Å². The molecule has 5 N–H and O–H groups in total. The van der Waals surface area contributed by atoms with Crippen LogP contribution in [0.3, 0.4) is 0 Å². The normalized spacial score (nSPS) is 13.4.